The summed E-state index contributed by atoms with van der Waals surface area (Å²) in [4.78, 5) is 14.1. The summed E-state index contributed by atoms with van der Waals surface area (Å²) in [5, 5.41) is 7.90. The Morgan fingerprint density at radius 1 is 1.35 bits per heavy atom. The minimum Gasteiger partial charge on any atom is -0.337 e. The normalized spacial score (nSPS) is 10.4. The van der Waals surface area contributed by atoms with Gasteiger partial charge in [-0.25, -0.2) is 0 Å². The van der Waals surface area contributed by atoms with Gasteiger partial charge in [0, 0.05) is 19.6 Å². The van der Waals surface area contributed by atoms with Gasteiger partial charge in [-0.15, -0.1) is 0 Å². The van der Waals surface area contributed by atoms with E-state index >= 15 is 0 Å². The third-order valence-electron chi connectivity index (χ3n) is 2.51. The summed E-state index contributed by atoms with van der Waals surface area (Å²) in [5.74, 6) is -0.00667. The van der Waals surface area contributed by atoms with Gasteiger partial charge in [0.15, 0.2) is 0 Å². The molecule has 1 aromatic rings. The molecule has 0 aliphatic carbocycles. The predicted molar refractivity (Wildman–Crippen MR) is 66.8 cm³/mol. The lowest BCUT2D eigenvalue weighted by atomic mass is 10.1. The van der Waals surface area contributed by atoms with Crippen molar-refractivity contribution in [2.45, 2.75) is 27.2 Å². The SMILES string of the molecule is CCCN(CCN)C(=O)c1cc(C)nnc1C. The number of aryl methyl sites for hydroxylation is 2. The molecule has 0 spiro atoms. The first-order valence-electron chi connectivity index (χ1n) is 5.90. The minimum absolute atomic E-state index is 0.00667. The molecule has 5 heteroatoms. The van der Waals surface area contributed by atoms with E-state index in [4.69, 9.17) is 5.73 Å². The fraction of sp³-hybridized carbons (Fsp3) is 0.583. The quantitative estimate of drug-likeness (QED) is 0.824. The maximum Gasteiger partial charge on any atom is 0.255 e. The van der Waals surface area contributed by atoms with Crippen LogP contribution in [-0.4, -0.2) is 40.6 Å². The molecular weight excluding hydrogens is 216 g/mol. The molecule has 2 N–H and O–H groups in total. The largest absolute Gasteiger partial charge is 0.337 e. The fourth-order valence-electron chi connectivity index (χ4n) is 1.68. The highest BCUT2D eigenvalue weighted by molar-refractivity contribution is 5.95. The molecule has 1 aromatic heterocycles. The third kappa shape index (κ3) is 3.49. The number of nitrogens with zero attached hydrogens (tertiary/aromatic N) is 3. The smallest absolute Gasteiger partial charge is 0.255 e. The highest BCUT2D eigenvalue weighted by Crippen LogP contribution is 2.09. The Bertz CT molecular complexity index is 386. The highest BCUT2D eigenvalue weighted by Gasteiger charge is 2.17. The fourth-order valence-corrected chi connectivity index (χ4v) is 1.68. The van der Waals surface area contributed by atoms with Crippen molar-refractivity contribution >= 4 is 5.91 Å². The van der Waals surface area contributed by atoms with Crippen molar-refractivity contribution in [1.29, 1.82) is 0 Å². The van der Waals surface area contributed by atoms with Crippen molar-refractivity contribution in [2.75, 3.05) is 19.6 Å². The van der Waals surface area contributed by atoms with E-state index in [0.29, 0.717) is 24.3 Å². The molecule has 0 aliphatic rings. The van der Waals surface area contributed by atoms with Crippen LogP contribution in [0.3, 0.4) is 0 Å². The Kier molecular flexibility index (Phi) is 5.03. The van der Waals surface area contributed by atoms with Crippen LogP contribution >= 0.6 is 0 Å². The van der Waals surface area contributed by atoms with Crippen LogP contribution in [0.25, 0.3) is 0 Å². The lowest BCUT2D eigenvalue weighted by Gasteiger charge is -2.21. The molecule has 0 bridgehead atoms. The summed E-state index contributed by atoms with van der Waals surface area (Å²) >= 11 is 0. The molecule has 0 aromatic carbocycles. The first-order chi connectivity index (χ1) is 8.10. The second kappa shape index (κ2) is 6.30. The van der Waals surface area contributed by atoms with E-state index in [2.05, 4.69) is 10.2 Å². The van der Waals surface area contributed by atoms with Gasteiger partial charge in [-0.05, 0) is 26.3 Å². The summed E-state index contributed by atoms with van der Waals surface area (Å²) in [7, 11) is 0. The predicted octanol–water partition coefficient (Wildman–Crippen LogP) is 0.904. The maximum absolute atomic E-state index is 12.3. The summed E-state index contributed by atoms with van der Waals surface area (Å²) < 4.78 is 0. The standard InChI is InChI=1S/C12H20N4O/c1-4-6-16(7-5-13)12(17)11-8-9(2)14-15-10(11)3/h8H,4-7,13H2,1-3H3. The molecule has 0 saturated heterocycles. The Morgan fingerprint density at radius 2 is 2.06 bits per heavy atom. The highest BCUT2D eigenvalue weighted by atomic mass is 16.2. The lowest BCUT2D eigenvalue weighted by molar-refractivity contribution is 0.0758. The molecule has 1 rings (SSSR count). The summed E-state index contributed by atoms with van der Waals surface area (Å²) in [6.07, 6.45) is 0.919. The second-order valence-electron chi connectivity index (χ2n) is 4.07. The van der Waals surface area contributed by atoms with Crippen molar-refractivity contribution in [1.82, 2.24) is 15.1 Å². The van der Waals surface area contributed by atoms with E-state index in [1.54, 1.807) is 17.9 Å². The average Bonchev–Trinajstić information content (AvgIpc) is 2.31. The monoisotopic (exact) mass is 236 g/mol. The Hall–Kier alpha value is -1.49. The summed E-state index contributed by atoms with van der Waals surface area (Å²) in [5.41, 5.74) is 7.56. The van der Waals surface area contributed by atoms with Gasteiger partial charge in [-0.1, -0.05) is 6.92 Å². The average molecular weight is 236 g/mol. The molecule has 0 radical (unpaired) electrons. The van der Waals surface area contributed by atoms with Crippen LogP contribution in [-0.2, 0) is 0 Å². The van der Waals surface area contributed by atoms with Crippen LogP contribution in [0.5, 0.6) is 0 Å². The number of amides is 1. The Morgan fingerprint density at radius 3 is 2.65 bits per heavy atom. The zero-order valence-corrected chi connectivity index (χ0v) is 10.7. The lowest BCUT2D eigenvalue weighted by Crippen LogP contribution is -2.36. The molecule has 1 amide bonds. The minimum atomic E-state index is -0.00667. The van der Waals surface area contributed by atoms with E-state index in [-0.39, 0.29) is 5.91 Å². The molecule has 0 aliphatic heterocycles. The Labute approximate surface area is 102 Å². The van der Waals surface area contributed by atoms with E-state index in [0.717, 1.165) is 18.7 Å². The zero-order chi connectivity index (χ0) is 12.8. The van der Waals surface area contributed by atoms with Crippen molar-refractivity contribution in [3.63, 3.8) is 0 Å². The van der Waals surface area contributed by atoms with Gasteiger partial charge >= 0.3 is 0 Å². The third-order valence-corrected chi connectivity index (χ3v) is 2.51. The van der Waals surface area contributed by atoms with Crippen molar-refractivity contribution in [3.05, 3.63) is 23.0 Å². The van der Waals surface area contributed by atoms with Gasteiger partial charge < -0.3 is 10.6 Å². The van der Waals surface area contributed by atoms with E-state index in [1.165, 1.54) is 0 Å². The van der Waals surface area contributed by atoms with Crippen LogP contribution in [0.15, 0.2) is 6.07 Å². The molecule has 0 atom stereocenters. The van der Waals surface area contributed by atoms with Gasteiger partial charge in [-0.2, -0.15) is 10.2 Å². The van der Waals surface area contributed by atoms with Crippen molar-refractivity contribution in [2.24, 2.45) is 5.73 Å². The zero-order valence-electron chi connectivity index (χ0n) is 10.7. The number of carbonyl (C=O) groups excluding carboxylic acids is 1. The molecule has 0 unspecified atom stereocenters. The first kappa shape index (κ1) is 13.6. The van der Waals surface area contributed by atoms with Crippen LogP contribution < -0.4 is 5.73 Å². The molecule has 94 valence electrons. The van der Waals surface area contributed by atoms with Crippen LogP contribution in [0.1, 0.15) is 35.1 Å². The number of aromatic nitrogens is 2. The van der Waals surface area contributed by atoms with Crippen molar-refractivity contribution < 1.29 is 4.79 Å². The second-order valence-corrected chi connectivity index (χ2v) is 4.07. The molecule has 5 nitrogen and oxygen atoms in total. The van der Waals surface area contributed by atoms with E-state index in [1.807, 2.05) is 13.8 Å². The Balaban J connectivity index is 2.95. The van der Waals surface area contributed by atoms with Crippen LogP contribution in [0.4, 0.5) is 0 Å². The maximum atomic E-state index is 12.3. The summed E-state index contributed by atoms with van der Waals surface area (Å²) in [6.45, 7) is 7.44. The van der Waals surface area contributed by atoms with E-state index in [9.17, 15) is 4.79 Å². The molecule has 17 heavy (non-hydrogen) atoms. The van der Waals surface area contributed by atoms with Gasteiger partial charge in [0.05, 0.1) is 17.0 Å². The topological polar surface area (TPSA) is 72.1 Å². The summed E-state index contributed by atoms with van der Waals surface area (Å²) in [6, 6.07) is 1.78. The molecular formula is C12H20N4O. The molecule has 1 heterocycles. The van der Waals surface area contributed by atoms with Gasteiger partial charge in [-0.3, -0.25) is 4.79 Å². The van der Waals surface area contributed by atoms with Gasteiger partial charge in [0.1, 0.15) is 0 Å². The first-order valence-corrected chi connectivity index (χ1v) is 5.90. The number of rotatable bonds is 5. The molecule has 0 fully saturated rings. The van der Waals surface area contributed by atoms with Gasteiger partial charge in [0.25, 0.3) is 5.91 Å². The molecule has 0 saturated carbocycles. The number of nitrogens with two attached hydrogens (primary N) is 1. The van der Waals surface area contributed by atoms with Crippen LogP contribution in [0, 0.1) is 13.8 Å². The van der Waals surface area contributed by atoms with E-state index < -0.39 is 0 Å². The van der Waals surface area contributed by atoms with Crippen LogP contribution in [0.2, 0.25) is 0 Å². The number of hydrogen-bond donors (Lipinski definition) is 1. The number of carbonyl (C=O) groups is 1. The van der Waals surface area contributed by atoms with Crippen molar-refractivity contribution in [3.8, 4) is 0 Å². The number of hydrogen-bond acceptors (Lipinski definition) is 4. The van der Waals surface area contributed by atoms with Gasteiger partial charge in [0.2, 0.25) is 0 Å².